The zero-order chi connectivity index (χ0) is 11.4. The second-order valence-electron chi connectivity index (χ2n) is 4.89. The van der Waals surface area contributed by atoms with Crippen molar-refractivity contribution in [3.8, 4) is 0 Å². The molecule has 1 saturated carbocycles. The summed E-state index contributed by atoms with van der Waals surface area (Å²) in [4.78, 5) is 0. The molecule has 16 heavy (non-hydrogen) atoms. The molecule has 0 amide bonds. The van der Waals surface area contributed by atoms with Crippen LogP contribution in [0.3, 0.4) is 0 Å². The van der Waals surface area contributed by atoms with Crippen molar-refractivity contribution >= 4 is 0 Å². The standard InChI is InChI=1S/C14H18.C2H6/c1-3-7-13-11(5-1)9-10-12-6-2-4-8-14(12)13;1-2/h1,3,5,7,12,14H,2,4,6,8-10H2;1-2H3. The number of rotatable bonds is 0. The van der Waals surface area contributed by atoms with E-state index in [2.05, 4.69) is 24.3 Å². The minimum absolute atomic E-state index is 0.911. The summed E-state index contributed by atoms with van der Waals surface area (Å²) in [5.41, 5.74) is 3.32. The van der Waals surface area contributed by atoms with Gasteiger partial charge in [-0.2, -0.15) is 0 Å². The molecule has 0 bridgehead atoms. The van der Waals surface area contributed by atoms with E-state index < -0.39 is 0 Å². The lowest BCUT2D eigenvalue weighted by Gasteiger charge is -2.37. The van der Waals surface area contributed by atoms with Gasteiger partial charge in [0.05, 0.1) is 0 Å². The average molecular weight is 216 g/mol. The van der Waals surface area contributed by atoms with Crippen molar-refractivity contribution in [2.24, 2.45) is 5.92 Å². The molecule has 1 fully saturated rings. The van der Waals surface area contributed by atoms with E-state index in [0.29, 0.717) is 0 Å². The molecule has 1 aromatic rings. The number of benzene rings is 1. The van der Waals surface area contributed by atoms with E-state index in [-0.39, 0.29) is 0 Å². The number of hydrogen-bond acceptors (Lipinski definition) is 0. The summed E-state index contributed by atoms with van der Waals surface area (Å²) >= 11 is 0. The largest absolute Gasteiger partial charge is 0.0683 e. The van der Waals surface area contributed by atoms with Gasteiger partial charge < -0.3 is 0 Å². The summed E-state index contributed by atoms with van der Waals surface area (Å²) in [6.07, 6.45) is 8.64. The quantitative estimate of drug-likeness (QED) is 0.576. The summed E-state index contributed by atoms with van der Waals surface area (Å²) in [6, 6.07) is 9.12. The molecule has 1 aromatic carbocycles. The van der Waals surface area contributed by atoms with Crippen molar-refractivity contribution in [2.75, 3.05) is 0 Å². The second-order valence-corrected chi connectivity index (χ2v) is 4.89. The Bertz CT molecular complexity index is 327. The van der Waals surface area contributed by atoms with Crippen molar-refractivity contribution < 1.29 is 0 Å². The van der Waals surface area contributed by atoms with Gasteiger partial charge in [0.1, 0.15) is 0 Å². The van der Waals surface area contributed by atoms with Crippen LogP contribution in [-0.2, 0) is 6.42 Å². The molecule has 2 aliphatic carbocycles. The number of hydrogen-bond donors (Lipinski definition) is 0. The van der Waals surface area contributed by atoms with Gasteiger partial charge in [0.25, 0.3) is 0 Å². The van der Waals surface area contributed by atoms with E-state index in [1.54, 1.807) is 11.1 Å². The van der Waals surface area contributed by atoms with Crippen molar-refractivity contribution in [1.82, 2.24) is 0 Å². The van der Waals surface area contributed by atoms with Gasteiger partial charge in [-0.05, 0) is 48.6 Å². The summed E-state index contributed by atoms with van der Waals surface area (Å²) in [5.74, 6) is 1.92. The number of aryl methyl sites for hydroxylation is 1. The highest BCUT2D eigenvalue weighted by Crippen LogP contribution is 2.44. The predicted molar refractivity (Wildman–Crippen MR) is 70.8 cm³/mol. The Balaban J connectivity index is 0.000000457. The molecule has 2 unspecified atom stereocenters. The minimum Gasteiger partial charge on any atom is -0.0683 e. The zero-order valence-corrected chi connectivity index (χ0v) is 10.7. The summed E-state index contributed by atoms with van der Waals surface area (Å²) in [7, 11) is 0. The summed E-state index contributed by atoms with van der Waals surface area (Å²) in [6.45, 7) is 4.00. The lowest BCUT2D eigenvalue weighted by Crippen LogP contribution is -2.23. The lowest BCUT2D eigenvalue weighted by molar-refractivity contribution is 0.275. The molecule has 0 aliphatic heterocycles. The average Bonchev–Trinajstić information content (AvgIpc) is 2.41. The van der Waals surface area contributed by atoms with Gasteiger partial charge in [0.2, 0.25) is 0 Å². The molecule has 2 aliphatic rings. The minimum atomic E-state index is 0.911. The Hall–Kier alpha value is -0.780. The molecule has 0 spiro atoms. The summed E-state index contributed by atoms with van der Waals surface area (Å²) in [5, 5.41) is 0. The van der Waals surface area contributed by atoms with E-state index in [4.69, 9.17) is 0 Å². The van der Waals surface area contributed by atoms with Crippen LogP contribution in [0.2, 0.25) is 0 Å². The van der Waals surface area contributed by atoms with Gasteiger partial charge in [0, 0.05) is 0 Å². The van der Waals surface area contributed by atoms with E-state index in [1.807, 2.05) is 13.8 Å². The third-order valence-electron chi connectivity index (χ3n) is 4.15. The van der Waals surface area contributed by atoms with Crippen LogP contribution < -0.4 is 0 Å². The molecule has 0 heteroatoms. The van der Waals surface area contributed by atoms with Gasteiger partial charge in [0.15, 0.2) is 0 Å². The molecular formula is C16H24. The van der Waals surface area contributed by atoms with E-state index in [9.17, 15) is 0 Å². The van der Waals surface area contributed by atoms with E-state index in [0.717, 1.165) is 11.8 Å². The van der Waals surface area contributed by atoms with Crippen LogP contribution in [0.5, 0.6) is 0 Å². The highest BCUT2D eigenvalue weighted by atomic mass is 14.4. The van der Waals surface area contributed by atoms with Crippen LogP contribution in [-0.4, -0.2) is 0 Å². The Morgan fingerprint density at radius 3 is 2.56 bits per heavy atom. The first-order valence-corrected chi connectivity index (χ1v) is 7.03. The summed E-state index contributed by atoms with van der Waals surface area (Å²) < 4.78 is 0. The predicted octanol–water partition coefficient (Wildman–Crippen LogP) is 4.93. The van der Waals surface area contributed by atoms with E-state index >= 15 is 0 Å². The van der Waals surface area contributed by atoms with E-state index in [1.165, 1.54) is 38.5 Å². The fraction of sp³-hybridized carbons (Fsp3) is 0.625. The highest BCUT2D eigenvalue weighted by molar-refractivity contribution is 5.33. The molecule has 0 saturated heterocycles. The molecule has 0 nitrogen and oxygen atoms in total. The third kappa shape index (κ3) is 2.16. The van der Waals surface area contributed by atoms with Gasteiger partial charge in [-0.15, -0.1) is 0 Å². The lowest BCUT2D eigenvalue weighted by atomic mass is 9.68. The fourth-order valence-corrected chi connectivity index (χ4v) is 3.43. The van der Waals surface area contributed by atoms with Crippen LogP contribution in [0.25, 0.3) is 0 Å². The van der Waals surface area contributed by atoms with Crippen LogP contribution in [0, 0.1) is 5.92 Å². The maximum absolute atomic E-state index is 2.37. The molecule has 88 valence electrons. The Morgan fingerprint density at radius 2 is 1.69 bits per heavy atom. The topological polar surface area (TPSA) is 0 Å². The highest BCUT2D eigenvalue weighted by Gasteiger charge is 2.30. The first-order chi connectivity index (χ1) is 7.95. The molecule has 0 radical (unpaired) electrons. The normalized spacial score (nSPS) is 27.1. The second kappa shape index (κ2) is 5.52. The van der Waals surface area contributed by atoms with Crippen LogP contribution >= 0.6 is 0 Å². The molecular weight excluding hydrogens is 192 g/mol. The monoisotopic (exact) mass is 216 g/mol. The van der Waals surface area contributed by atoms with Crippen molar-refractivity contribution in [3.63, 3.8) is 0 Å². The van der Waals surface area contributed by atoms with Crippen molar-refractivity contribution in [1.29, 1.82) is 0 Å². The van der Waals surface area contributed by atoms with Crippen molar-refractivity contribution in [3.05, 3.63) is 35.4 Å². The molecule has 3 rings (SSSR count). The molecule has 2 atom stereocenters. The fourth-order valence-electron chi connectivity index (χ4n) is 3.43. The van der Waals surface area contributed by atoms with Crippen LogP contribution in [0.4, 0.5) is 0 Å². The smallest absolute Gasteiger partial charge is 0.0131 e. The molecule has 0 heterocycles. The SMILES string of the molecule is CC.c1ccc2c(c1)CCC1CCCCC21. The maximum Gasteiger partial charge on any atom is -0.0131 e. The third-order valence-corrected chi connectivity index (χ3v) is 4.15. The van der Waals surface area contributed by atoms with Gasteiger partial charge in [-0.1, -0.05) is 51.0 Å². The number of fused-ring (bicyclic) bond motifs is 3. The van der Waals surface area contributed by atoms with Gasteiger partial charge >= 0.3 is 0 Å². The molecule has 0 aromatic heterocycles. The maximum atomic E-state index is 2.37. The van der Waals surface area contributed by atoms with Gasteiger partial charge in [-0.3, -0.25) is 0 Å². The zero-order valence-electron chi connectivity index (χ0n) is 10.7. The Labute approximate surface area is 100 Å². The molecule has 0 N–H and O–H groups in total. The first-order valence-electron chi connectivity index (χ1n) is 7.03. The van der Waals surface area contributed by atoms with Crippen LogP contribution in [0.15, 0.2) is 24.3 Å². The first kappa shape index (κ1) is 11.7. The van der Waals surface area contributed by atoms with Crippen LogP contribution in [0.1, 0.15) is 63.0 Å². The van der Waals surface area contributed by atoms with Gasteiger partial charge in [-0.25, -0.2) is 0 Å². The van der Waals surface area contributed by atoms with Crippen molar-refractivity contribution in [2.45, 2.75) is 58.3 Å². The Kier molecular flexibility index (Phi) is 4.04. The Morgan fingerprint density at radius 1 is 0.938 bits per heavy atom.